The van der Waals surface area contributed by atoms with Gasteiger partial charge in [-0.2, -0.15) is 0 Å². The lowest BCUT2D eigenvalue weighted by molar-refractivity contribution is -0.124. The van der Waals surface area contributed by atoms with E-state index in [0.29, 0.717) is 0 Å². The monoisotopic (exact) mass is 283 g/mol. The molecule has 1 amide bonds. The number of aryl methyl sites for hydroxylation is 2. The zero-order valence-electron chi connectivity index (χ0n) is 9.56. The van der Waals surface area contributed by atoms with Crippen LogP contribution in [-0.2, 0) is 9.59 Å². The topological polar surface area (TPSA) is 46.2 Å². The summed E-state index contributed by atoms with van der Waals surface area (Å²) in [5, 5.41) is 2.76. The van der Waals surface area contributed by atoms with Gasteiger partial charge in [0.1, 0.15) is 5.78 Å². The van der Waals surface area contributed by atoms with Gasteiger partial charge in [0.15, 0.2) is 0 Å². The Bertz CT molecular complexity index is 418. The first-order valence-electron chi connectivity index (χ1n) is 4.96. The molecule has 0 saturated heterocycles. The molecule has 1 aromatic rings. The van der Waals surface area contributed by atoms with Crippen LogP contribution in [-0.4, -0.2) is 11.7 Å². The summed E-state index contributed by atoms with van der Waals surface area (Å²) in [4.78, 5) is 22.3. The molecule has 0 radical (unpaired) electrons. The van der Waals surface area contributed by atoms with Gasteiger partial charge < -0.3 is 5.32 Å². The zero-order chi connectivity index (χ0) is 12.3. The van der Waals surface area contributed by atoms with Crippen LogP contribution in [0.1, 0.15) is 24.5 Å². The number of rotatable bonds is 3. The fourth-order valence-electron chi connectivity index (χ4n) is 1.52. The molecule has 4 heteroatoms. The fourth-order valence-corrected chi connectivity index (χ4v) is 2.20. The van der Waals surface area contributed by atoms with Gasteiger partial charge in [-0.15, -0.1) is 0 Å². The largest absolute Gasteiger partial charge is 0.325 e. The normalized spacial score (nSPS) is 10.0. The van der Waals surface area contributed by atoms with Crippen LogP contribution in [0.4, 0.5) is 5.69 Å². The first-order valence-corrected chi connectivity index (χ1v) is 5.75. The Hall–Kier alpha value is -1.16. The van der Waals surface area contributed by atoms with E-state index in [4.69, 9.17) is 0 Å². The molecule has 1 N–H and O–H groups in total. The number of carbonyl (C=O) groups is 2. The number of anilines is 1. The van der Waals surface area contributed by atoms with E-state index in [2.05, 4.69) is 21.2 Å². The molecule has 1 aromatic carbocycles. The molecule has 0 spiro atoms. The van der Waals surface area contributed by atoms with Gasteiger partial charge in [0.25, 0.3) is 0 Å². The highest BCUT2D eigenvalue weighted by Crippen LogP contribution is 2.25. The third kappa shape index (κ3) is 3.45. The number of benzene rings is 1. The van der Waals surface area contributed by atoms with Gasteiger partial charge in [0.05, 0.1) is 6.42 Å². The van der Waals surface area contributed by atoms with E-state index < -0.39 is 0 Å². The summed E-state index contributed by atoms with van der Waals surface area (Å²) < 4.78 is 0.979. The molecule has 86 valence electrons. The van der Waals surface area contributed by atoms with Gasteiger partial charge in [0, 0.05) is 10.2 Å². The molecule has 0 bridgehead atoms. The van der Waals surface area contributed by atoms with Gasteiger partial charge in [-0.25, -0.2) is 0 Å². The number of hydrogen-bond donors (Lipinski definition) is 1. The second-order valence-electron chi connectivity index (χ2n) is 3.84. The summed E-state index contributed by atoms with van der Waals surface area (Å²) in [6, 6.07) is 3.85. The molecular weight excluding hydrogens is 270 g/mol. The fraction of sp³-hybridized carbons (Fsp3) is 0.333. The summed E-state index contributed by atoms with van der Waals surface area (Å²) in [6.45, 7) is 5.24. The van der Waals surface area contributed by atoms with Gasteiger partial charge in [0.2, 0.25) is 5.91 Å². The SMILES string of the molecule is CC(=O)CC(=O)Nc1c(C)cc(Br)cc1C. The van der Waals surface area contributed by atoms with E-state index in [-0.39, 0.29) is 18.1 Å². The lowest BCUT2D eigenvalue weighted by Crippen LogP contribution is -2.16. The Labute approximate surface area is 103 Å². The van der Waals surface area contributed by atoms with Crippen molar-refractivity contribution in [2.24, 2.45) is 0 Å². The second kappa shape index (κ2) is 5.25. The lowest BCUT2D eigenvalue weighted by atomic mass is 10.1. The van der Waals surface area contributed by atoms with E-state index in [9.17, 15) is 9.59 Å². The predicted octanol–water partition coefficient (Wildman–Crippen LogP) is 2.98. The van der Waals surface area contributed by atoms with Crippen LogP contribution >= 0.6 is 15.9 Å². The predicted molar refractivity (Wildman–Crippen MR) is 67.5 cm³/mol. The molecular formula is C12H14BrNO2. The van der Waals surface area contributed by atoms with Crippen LogP contribution in [0, 0.1) is 13.8 Å². The van der Waals surface area contributed by atoms with Crippen LogP contribution in [0.25, 0.3) is 0 Å². The van der Waals surface area contributed by atoms with Gasteiger partial charge in [-0.05, 0) is 44.0 Å². The molecule has 0 fully saturated rings. The van der Waals surface area contributed by atoms with Gasteiger partial charge >= 0.3 is 0 Å². The van der Waals surface area contributed by atoms with Gasteiger partial charge in [-0.1, -0.05) is 15.9 Å². The first kappa shape index (κ1) is 12.9. The van der Waals surface area contributed by atoms with Crippen molar-refractivity contribution in [2.75, 3.05) is 5.32 Å². The quantitative estimate of drug-likeness (QED) is 0.867. The smallest absolute Gasteiger partial charge is 0.231 e. The second-order valence-corrected chi connectivity index (χ2v) is 4.76. The number of halogens is 1. The number of hydrogen-bond acceptors (Lipinski definition) is 2. The Kier molecular flexibility index (Phi) is 4.24. The highest BCUT2D eigenvalue weighted by molar-refractivity contribution is 9.10. The first-order chi connectivity index (χ1) is 7.40. The molecule has 1 rings (SSSR count). The summed E-state index contributed by atoms with van der Waals surface area (Å²) in [7, 11) is 0. The van der Waals surface area contributed by atoms with Gasteiger partial charge in [-0.3, -0.25) is 9.59 Å². The number of nitrogens with one attached hydrogen (secondary N) is 1. The van der Waals surface area contributed by atoms with Crippen molar-refractivity contribution in [1.29, 1.82) is 0 Å². The van der Waals surface area contributed by atoms with Crippen LogP contribution < -0.4 is 5.32 Å². The lowest BCUT2D eigenvalue weighted by Gasteiger charge is -2.11. The van der Waals surface area contributed by atoms with Crippen molar-refractivity contribution in [3.63, 3.8) is 0 Å². The Morgan fingerprint density at radius 3 is 2.19 bits per heavy atom. The number of carbonyl (C=O) groups excluding carboxylic acids is 2. The maximum Gasteiger partial charge on any atom is 0.231 e. The Morgan fingerprint density at radius 2 is 1.75 bits per heavy atom. The third-order valence-corrected chi connectivity index (χ3v) is 2.63. The minimum absolute atomic E-state index is 0.0745. The number of ketones is 1. The molecule has 0 heterocycles. The molecule has 0 aliphatic carbocycles. The van der Waals surface area contributed by atoms with Crippen LogP contribution in [0.5, 0.6) is 0 Å². The van der Waals surface area contributed by atoms with Crippen molar-refractivity contribution in [3.8, 4) is 0 Å². The van der Waals surface area contributed by atoms with Crippen molar-refractivity contribution in [1.82, 2.24) is 0 Å². The van der Waals surface area contributed by atoms with E-state index >= 15 is 0 Å². The molecule has 16 heavy (non-hydrogen) atoms. The Balaban J connectivity index is 2.89. The van der Waals surface area contributed by atoms with E-state index in [1.54, 1.807) is 0 Å². The minimum Gasteiger partial charge on any atom is -0.325 e. The number of amides is 1. The summed E-state index contributed by atoms with van der Waals surface area (Å²) in [5.74, 6) is -0.397. The summed E-state index contributed by atoms with van der Waals surface area (Å²) in [5.41, 5.74) is 2.74. The summed E-state index contributed by atoms with van der Waals surface area (Å²) in [6.07, 6.45) is -0.0745. The molecule has 0 unspecified atom stereocenters. The van der Waals surface area contributed by atoms with Crippen LogP contribution in [0.3, 0.4) is 0 Å². The zero-order valence-corrected chi connectivity index (χ0v) is 11.1. The third-order valence-electron chi connectivity index (χ3n) is 2.17. The maximum absolute atomic E-state index is 11.5. The highest BCUT2D eigenvalue weighted by atomic mass is 79.9. The Morgan fingerprint density at radius 1 is 1.25 bits per heavy atom. The highest BCUT2D eigenvalue weighted by Gasteiger charge is 2.09. The van der Waals surface area contributed by atoms with E-state index in [1.165, 1.54) is 6.92 Å². The average Bonchev–Trinajstić information content (AvgIpc) is 2.09. The molecule has 0 aromatic heterocycles. The number of Topliss-reactive ketones (excluding diaryl/α,β-unsaturated/α-hetero) is 1. The minimum atomic E-state index is -0.263. The molecule has 0 atom stereocenters. The average molecular weight is 284 g/mol. The molecule has 3 nitrogen and oxygen atoms in total. The van der Waals surface area contributed by atoms with Crippen LogP contribution in [0.15, 0.2) is 16.6 Å². The van der Waals surface area contributed by atoms with Crippen molar-refractivity contribution < 1.29 is 9.59 Å². The van der Waals surface area contributed by atoms with Crippen LogP contribution in [0.2, 0.25) is 0 Å². The molecule has 0 aliphatic rings. The maximum atomic E-state index is 11.5. The standard InChI is InChI=1S/C12H14BrNO2/c1-7-4-10(13)5-8(2)12(7)14-11(16)6-9(3)15/h4-5H,6H2,1-3H3,(H,14,16). The van der Waals surface area contributed by atoms with Crippen molar-refractivity contribution >= 4 is 33.3 Å². The molecule has 0 saturated carbocycles. The summed E-state index contributed by atoms with van der Waals surface area (Å²) >= 11 is 3.39. The van der Waals surface area contributed by atoms with E-state index in [0.717, 1.165) is 21.3 Å². The van der Waals surface area contributed by atoms with Crippen molar-refractivity contribution in [3.05, 3.63) is 27.7 Å². The van der Waals surface area contributed by atoms with E-state index in [1.807, 2.05) is 26.0 Å². The van der Waals surface area contributed by atoms with Crippen molar-refractivity contribution in [2.45, 2.75) is 27.2 Å². The molecule has 0 aliphatic heterocycles.